The van der Waals surface area contributed by atoms with Crippen LogP contribution in [0.3, 0.4) is 0 Å². The number of rotatable bonds is 3. The highest BCUT2D eigenvalue weighted by Crippen LogP contribution is 2.36. The molecule has 2 bridgehead atoms. The molecule has 0 radical (unpaired) electrons. The van der Waals surface area contributed by atoms with Crippen molar-refractivity contribution in [1.82, 2.24) is 14.8 Å². The smallest absolute Gasteiger partial charge is 0.254 e. The van der Waals surface area contributed by atoms with E-state index in [4.69, 9.17) is 0 Å². The van der Waals surface area contributed by atoms with Crippen LogP contribution in [0.4, 0.5) is 0 Å². The molecule has 0 aliphatic carbocycles. The predicted molar refractivity (Wildman–Crippen MR) is 118 cm³/mol. The summed E-state index contributed by atoms with van der Waals surface area (Å²) in [6.45, 7) is 0. The number of nitrogens with zero attached hydrogens (tertiary/aromatic N) is 3. The third-order valence-corrected chi connectivity index (χ3v) is 7.04. The summed E-state index contributed by atoms with van der Waals surface area (Å²) in [5.41, 5.74) is 4.10. The van der Waals surface area contributed by atoms with Crippen molar-refractivity contribution in [3.8, 4) is 17.3 Å². The number of hydrogen-bond acceptors (Lipinski definition) is 3. The normalized spacial score (nSPS) is 23.4. The lowest BCUT2D eigenvalue weighted by atomic mass is 9.97. The van der Waals surface area contributed by atoms with Gasteiger partial charge in [-0.1, -0.05) is 30.3 Å². The van der Waals surface area contributed by atoms with E-state index >= 15 is 0 Å². The van der Waals surface area contributed by atoms with Crippen LogP contribution in [-0.4, -0.2) is 40.5 Å². The van der Waals surface area contributed by atoms with Gasteiger partial charge >= 0.3 is 0 Å². The molecule has 5 rings (SSSR count). The van der Waals surface area contributed by atoms with Gasteiger partial charge in [-0.25, -0.2) is 0 Å². The Hall–Kier alpha value is -3.10. The van der Waals surface area contributed by atoms with E-state index in [1.165, 1.54) is 12.8 Å². The molecule has 3 heterocycles. The van der Waals surface area contributed by atoms with E-state index in [2.05, 4.69) is 27.9 Å². The maximum Gasteiger partial charge on any atom is 0.254 e. The third-order valence-electron chi connectivity index (χ3n) is 7.04. The van der Waals surface area contributed by atoms with Crippen LogP contribution in [0.1, 0.15) is 41.6 Å². The minimum atomic E-state index is -0.0384. The first-order chi connectivity index (χ1) is 14.6. The highest BCUT2D eigenvalue weighted by atomic mass is 16.1. The zero-order valence-corrected chi connectivity index (χ0v) is 17.4. The van der Waals surface area contributed by atoms with E-state index in [9.17, 15) is 10.1 Å². The van der Waals surface area contributed by atoms with Gasteiger partial charge in [0.1, 0.15) is 0 Å². The molecule has 2 atom stereocenters. The van der Waals surface area contributed by atoms with Crippen molar-refractivity contribution in [3.05, 3.63) is 59.7 Å². The average molecular weight is 399 g/mol. The van der Waals surface area contributed by atoms with Crippen LogP contribution in [0, 0.1) is 11.3 Å². The number of nitriles is 1. The van der Waals surface area contributed by atoms with Crippen LogP contribution in [0.15, 0.2) is 48.5 Å². The monoisotopic (exact) mass is 398 g/mol. The van der Waals surface area contributed by atoms with Gasteiger partial charge < -0.3 is 14.8 Å². The van der Waals surface area contributed by atoms with Crippen LogP contribution >= 0.6 is 0 Å². The summed E-state index contributed by atoms with van der Waals surface area (Å²) in [6.07, 6.45) is 4.46. The van der Waals surface area contributed by atoms with E-state index in [0.717, 1.165) is 35.0 Å². The van der Waals surface area contributed by atoms with Gasteiger partial charge in [-0.15, -0.1) is 0 Å². The van der Waals surface area contributed by atoms with Gasteiger partial charge in [-0.2, -0.15) is 5.26 Å². The molecule has 30 heavy (non-hydrogen) atoms. The molecule has 0 saturated carbocycles. The highest BCUT2D eigenvalue weighted by molar-refractivity contribution is 6.13. The van der Waals surface area contributed by atoms with E-state index in [1.807, 2.05) is 55.6 Å². The molecule has 5 heteroatoms. The fourth-order valence-corrected chi connectivity index (χ4v) is 5.46. The van der Waals surface area contributed by atoms with Crippen LogP contribution in [0.2, 0.25) is 0 Å². The summed E-state index contributed by atoms with van der Waals surface area (Å²) in [5, 5.41) is 13.6. The van der Waals surface area contributed by atoms with Gasteiger partial charge in [-0.05, 0) is 56.5 Å². The molecular formula is C25H26N4O. The molecule has 0 spiro atoms. The number of carbonyl (C=O) groups excluding carboxylic acids is 1. The Kier molecular flexibility index (Phi) is 4.60. The maximum absolute atomic E-state index is 13.6. The van der Waals surface area contributed by atoms with Crippen LogP contribution in [0.25, 0.3) is 22.2 Å². The molecule has 5 nitrogen and oxygen atoms in total. The minimum Gasteiger partial charge on any atom is -0.349 e. The number of aryl methyl sites for hydroxylation is 1. The number of amides is 1. The molecular weight excluding hydrogens is 372 g/mol. The molecule has 2 fully saturated rings. The van der Waals surface area contributed by atoms with E-state index in [0.29, 0.717) is 23.2 Å². The molecule has 1 amide bonds. The van der Waals surface area contributed by atoms with Crippen molar-refractivity contribution < 1.29 is 4.79 Å². The Bertz CT molecular complexity index is 1140. The Morgan fingerprint density at radius 3 is 2.43 bits per heavy atom. The number of fused-ring (bicyclic) bond motifs is 3. The van der Waals surface area contributed by atoms with Crippen LogP contribution < -0.4 is 5.32 Å². The van der Waals surface area contributed by atoms with E-state index in [1.54, 1.807) is 0 Å². The zero-order chi connectivity index (χ0) is 20.8. The highest BCUT2D eigenvalue weighted by Gasteiger charge is 2.39. The summed E-state index contributed by atoms with van der Waals surface area (Å²) in [4.78, 5) is 16.1. The Morgan fingerprint density at radius 2 is 1.77 bits per heavy atom. The summed E-state index contributed by atoms with van der Waals surface area (Å²) >= 11 is 0. The topological polar surface area (TPSA) is 61.1 Å². The first-order valence-electron chi connectivity index (χ1n) is 10.7. The Labute approximate surface area is 176 Å². The van der Waals surface area contributed by atoms with Crippen LogP contribution in [0.5, 0.6) is 0 Å². The number of hydrogen-bond donors (Lipinski definition) is 1. The molecule has 1 aromatic heterocycles. The van der Waals surface area contributed by atoms with Gasteiger partial charge in [0.15, 0.2) is 0 Å². The Morgan fingerprint density at radius 1 is 1.07 bits per heavy atom. The van der Waals surface area contributed by atoms with Crippen molar-refractivity contribution in [2.45, 2.75) is 43.8 Å². The van der Waals surface area contributed by atoms with Crippen molar-refractivity contribution in [2.75, 3.05) is 7.05 Å². The van der Waals surface area contributed by atoms with Crippen LogP contribution in [-0.2, 0) is 7.05 Å². The quantitative estimate of drug-likeness (QED) is 0.723. The first-order valence-corrected chi connectivity index (χ1v) is 10.7. The SMILES string of the molecule is CN1C2CCC1CC(NC(=O)c1c(-c3ccccc3)n(C)c3ccc(C#N)cc13)C2. The zero-order valence-electron chi connectivity index (χ0n) is 17.4. The molecule has 152 valence electrons. The van der Waals surface area contributed by atoms with Crippen molar-refractivity contribution in [3.63, 3.8) is 0 Å². The minimum absolute atomic E-state index is 0.0384. The van der Waals surface area contributed by atoms with E-state index in [-0.39, 0.29) is 11.9 Å². The van der Waals surface area contributed by atoms with E-state index < -0.39 is 0 Å². The van der Waals surface area contributed by atoms with Crippen molar-refractivity contribution in [1.29, 1.82) is 5.26 Å². The fraction of sp³-hybridized carbons (Fsp3) is 0.360. The summed E-state index contributed by atoms with van der Waals surface area (Å²) < 4.78 is 2.07. The summed E-state index contributed by atoms with van der Waals surface area (Å²) in [6, 6.07) is 19.2. The van der Waals surface area contributed by atoms with Gasteiger partial charge in [-0.3, -0.25) is 4.79 Å². The van der Waals surface area contributed by atoms with Crippen molar-refractivity contribution >= 4 is 16.8 Å². The van der Waals surface area contributed by atoms with Gasteiger partial charge in [0.2, 0.25) is 0 Å². The second kappa shape index (κ2) is 7.30. The number of piperidine rings is 1. The fourth-order valence-electron chi connectivity index (χ4n) is 5.46. The molecule has 2 aliphatic heterocycles. The molecule has 2 aromatic carbocycles. The van der Waals surface area contributed by atoms with Crippen molar-refractivity contribution in [2.24, 2.45) is 7.05 Å². The first kappa shape index (κ1) is 18.9. The average Bonchev–Trinajstić information content (AvgIpc) is 3.15. The number of aromatic nitrogens is 1. The molecule has 2 aliphatic rings. The predicted octanol–water partition coefficient (Wildman–Crippen LogP) is 4.07. The molecule has 3 aromatic rings. The molecule has 2 unspecified atom stereocenters. The van der Waals surface area contributed by atoms with Gasteiger partial charge in [0.05, 0.1) is 22.9 Å². The largest absolute Gasteiger partial charge is 0.349 e. The molecule has 1 N–H and O–H groups in total. The molecule has 2 saturated heterocycles. The van der Waals surface area contributed by atoms with Gasteiger partial charge in [0.25, 0.3) is 5.91 Å². The lowest BCUT2D eigenvalue weighted by Gasteiger charge is -2.36. The summed E-state index contributed by atoms with van der Waals surface area (Å²) in [7, 11) is 4.20. The Balaban J connectivity index is 1.58. The standard InChI is InChI=1S/C25H26N4O/c1-28-19-9-10-20(28)14-18(13-19)27-25(30)23-21-12-16(15-26)8-11-22(21)29(2)24(23)17-6-4-3-5-7-17/h3-8,11-12,18-20H,9-10,13-14H2,1-2H3,(H,27,30). The lowest BCUT2D eigenvalue weighted by Crippen LogP contribution is -2.48. The third kappa shape index (κ3) is 3.00. The van der Waals surface area contributed by atoms with Gasteiger partial charge in [0, 0.05) is 36.1 Å². The second-order valence-electron chi connectivity index (χ2n) is 8.68. The number of nitrogens with one attached hydrogen (secondary N) is 1. The number of benzene rings is 2. The second-order valence-corrected chi connectivity index (χ2v) is 8.68. The summed E-state index contributed by atoms with van der Waals surface area (Å²) in [5.74, 6) is -0.0384. The number of carbonyl (C=O) groups is 1. The maximum atomic E-state index is 13.6. The lowest BCUT2D eigenvalue weighted by molar-refractivity contribution is 0.0884.